The van der Waals surface area contributed by atoms with E-state index in [-0.39, 0.29) is 12.0 Å². The molecule has 1 aromatic rings. The fourth-order valence-electron chi connectivity index (χ4n) is 2.42. The van der Waals surface area contributed by atoms with E-state index in [0.29, 0.717) is 31.5 Å². The standard InChI is InChI=1S/C15H23N3O2/c1-3-12-9-11(10-14(17-12)16-4-2)15(20)18-7-5-13(19)6-8-18/h9-10,13,19H,3-8H2,1-2H3,(H,16,17). The predicted molar refractivity (Wildman–Crippen MR) is 78.9 cm³/mol. The first-order valence-corrected chi connectivity index (χ1v) is 7.36. The van der Waals surface area contributed by atoms with Crippen molar-refractivity contribution in [3.63, 3.8) is 0 Å². The van der Waals surface area contributed by atoms with Crippen molar-refractivity contribution < 1.29 is 9.90 Å². The summed E-state index contributed by atoms with van der Waals surface area (Å²) in [6, 6.07) is 3.68. The second kappa shape index (κ2) is 6.70. The summed E-state index contributed by atoms with van der Waals surface area (Å²) in [4.78, 5) is 18.8. The van der Waals surface area contributed by atoms with Gasteiger partial charge in [0.2, 0.25) is 0 Å². The molecule has 0 spiro atoms. The first-order chi connectivity index (χ1) is 9.63. The fourth-order valence-corrected chi connectivity index (χ4v) is 2.42. The molecule has 0 aromatic carbocycles. The lowest BCUT2D eigenvalue weighted by molar-refractivity contribution is 0.0546. The second-order valence-corrected chi connectivity index (χ2v) is 5.14. The number of aromatic nitrogens is 1. The molecule has 2 heterocycles. The monoisotopic (exact) mass is 277 g/mol. The van der Waals surface area contributed by atoms with E-state index in [4.69, 9.17) is 0 Å². The number of aryl methyl sites for hydroxylation is 1. The minimum absolute atomic E-state index is 0.0353. The van der Waals surface area contributed by atoms with Crippen LogP contribution < -0.4 is 5.32 Å². The molecule has 0 radical (unpaired) electrons. The lowest BCUT2D eigenvalue weighted by atomic mass is 10.1. The lowest BCUT2D eigenvalue weighted by Gasteiger charge is -2.29. The molecule has 1 aliphatic rings. The number of hydrogen-bond donors (Lipinski definition) is 2. The van der Waals surface area contributed by atoms with Crippen LogP contribution in [-0.4, -0.2) is 46.6 Å². The van der Waals surface area contributed by atoms with Crippen LogP contribution in [0.1, 0.15) is 42.7 Å². The Morgan fingerprint density at radius 2 is 2.10 bits per heavy atom. The minimum atomic E-state index is -0.264. The molecule has 2 N–H and O–H groups in total. The Labute approximate surface area is 120 Å². The van der Waals surface area contributed by atoms with Gasteiger partial charge in [-0.05, 0) is 38.3 Å². The van der Waals surface area contributed by atoms with Crippen molar-refractivity contribution in [1.29, 1.82) is 0 Å². The zero-order chi connectivity index (χ0) is 14.5. The Bertz CT molecular complexity index is 468. The number of anilines is 1. The predicted octanol–water partition coefficient (Wildman–Crippen LogP) is 1.67. The maximum atomic E-state index is 12.5. The third kappa shape index (κ3) is 3.48. The molecule has 5 heteroatoms. The topological polar surface area (TPSA) is 65.5 Å². The third-order valence-corrected chi connectivity index (χ3v) is 3.60. The zero-order valence-electron chi connectivity index (χ0n) is 12.2. The molecule has 5 nitrogen and oxygen atoms in total. The van der Waals surface area contributed by atoms with Gasteiger partial charge in [-0.15, -0.1) is 0 Å². The minimum Gasteiger partial charge on any atom is -0.393 e. The summed E-state index contributed by atoms with van der Waals surface area (Å²) in [5, 5.41) is 12.7. The van der Waals surface area contributed by atoms with Crippen molar-refractivity contribution in [3.8, 4) is 0 Å². The molecule has 1 saturated heterocycles. The van der Waals surface area contributed by atoms with E-state index in [1.807, 2.05) is 30.9 Å². The molecule has 0 aliphatic carbocycles. The highest BCUT2D eigenvalue weighted by molar-refractivity contribution is 5.95. The molecular weight excluding hydrogens is 254 g/mol. The fraction of sp³-hybridized carbons (Fsp3) is 0.600. The van der Waals surface area contributed by atoms with Crippen molar-refractivity contribution in [1.82, 2.24) is 9.88 Å². The van der Waals surface area contributed by atoms with Crippen LogP contribution in [0.15, 0.2) is 12.1 Å². The second-order valence-electron chi connectivity index (χ2n) is 5.14. The Morgan fingerprint density at radius 3 is 2.70 bits per heavy atom. The van der Waals surface area contributed by atoms with Crippen molar-refractivity contribution in [3.05, 3.63) is 23.4 Å². The smallest absolute Gasteiger partial charge is 0.254 e. The van der Waals surface area contributed by atoms with Gasteiger partial charge in [0.05, 0.1) is 6.10 Å². The van der Waals surface area contributed by atoms with Crippen molar-refractivity contribution in [2.75, 3.05) is 25.0 Å². The number of nitrogens with one attached hydrogen (secondary N) is 1. The van der Waals surface area contributed by atoms with E-state index in [1.54, 1.807) is 0 Å². The van der Waals surface area contributed by atoms with Gasteiger partial charge in [-0.2, -0.15) is 0 Å². The van der Waals surface area contributed by atoms with Crippen LogP contribution in [0.4, 0.5) is 5.82 Å². The van der Waals surface area contributed by atoms with E-state index in [1.165, 1.54) is 0 Å². The first kappa shape index (κ1) is 14.8. The Balaban J connectivity index is 2.17. The van der Waals surface area contributed by atoms with E-state index >= 15 is 0 Å². The van der Waals surface area contributed by atoms with Gasteiger partial charge < -0.3 is 15.3 Å². The van der Waals surface area contributed by atoms with E-state index in [0.717, 1.165) is 24.5 Å². The van der Waals surface area contributed by atoms with Gasteiger partial charge in [-0.25, -0.2) is 4.98 Å². The summed E-state index contributed by atoms with van der Waals surface area (Å²) >= 11 is 0. The van der Waals surface area contributed by atoms with E-state index < -0.39 is 0 Å². The maximum absolute atomic E-state index is 12.5. The largest absolute Gasteiger partial charge is 0.393 e. The summed E-state index contributed by atoms with van der Waals surface area (Å²) in [5.74, 6) is 0.792. The number of aliphatic hydroxyl groups excluding tert-OH is 1. The number of carbonyl (C=O) groups excluding carboxylic acids is 1. The molecule has 0 atom stereocenters. The van der Waals surface area contributed by atoms with Crippen molar-refractivity contribution in [2.24, 2.45) is 0 Å². The molecule has 0 bridgehead atoms. The van der Waals surface area contributed by atoms with Gasteiger partial charge in [-0.1, -0.05) is 6.92 Å². The van der Waals surface area contributed by atoms with Gasteiger partial charge in [-0.3, -0.25) is 4.79 Å². The molecule has 1 aromatic heterocycles. The number of pyridine rings is 1. The highest BCUT2D eigenvalue weighted by Gasteiger charge is 2.22. The highest BCUT2D eigenvalue weighted by Crippen LogP contribution is 2.17. The zero-order valence-corrected chi connectivity index (χ0v) is 12.2. The summed E-state index contributed by atoms with van der Waals surface area (Å²) < 4.78 is 0. The Hall–Kier alpha value is -1.62. The molecule has 20 heavy (non-hydrogen) atoms. The summed E-state index contributed by atoms with van der Waals surface area (Å²) in [6.45, 7) is 6.07. The summed E-state index contributed by atoms with van der Waals surface area (Å²) in [5.41, 5.74) is 1.60. The number of carbonyl (C=O) groups is 1. The number of nitrogens with zero attached hydrogens (tertiary/aromatic N) is 2. The number of piperidine rings is 1. The number of aliphatic hydroxyl groups is 1. The SMILES string of the molecule is CCNc1cc(C(=O)N2CCC(O)CC2)cc(CC)n1. The van der Waals surface area contributed by atoms with Gasteiger partial charge in [0.1, 0.15) is 5.82 Å². The van der Waals surface area contributed by atoms with Gasteiger partial charge in [0.25, 0.3) is 5.91 Å². The van der Waals surface area contributed by atoms with Crippen LogP contribution in [-0.2, 0) is 6.42 Å². The molecule has 1 amide bonds. The molecule has 110 valence electrons. The van der Waals surface area contributed by atoms with Crippen LogP contribution in [0.2, 0.25) is 0 Å². The molecule has 2 rings (SSSR count). The Morgan fingerprint density at radius 1 is 1.40 bits per heavy atom. The van der Waals surface area contributed by atoms with Gasteiger partial charge >= 0.3 is 0 Å². The van der Waals surface area contributed by atoms with Crippen LogP contribution in [0.25, 0.3) is 0 Å². The maximum Gasteiger partial charge on any atom is 0.254 e. The Kier molecular flexibility index (Phi) is 4.95. The van der Waals surface area contributed by atoms with Crippen molar-refractivity contribution in [2.45, 2.75) is 39.2 Å². The van der Waals surface area contributed by atoms with Crippen LogP contribution in [0.3, 0.4) is 0 Å². The molecular formula is C15H23N3O2. The normalized spacial score (nSPS) is 16.2. The molecule has 1 aliphatic heterocycles. The number of rotatable bonds is 4. The number of amides is 1. The van der Waals surface area contributed by atoms with E-state index in [9.17, 15) is 9.90 Å². The quantitative estimate of drug-likeness (QED) is 0.878. The van der Waals surface area contributed by atoms with Crippen molar-refractivity contribution >= 4 is 11.7 Å². The number of likely N-dealkylation sites (tertiary alicyclic amines) is 1. The van der Waals surface area contributed by atoms with Crippen LogP contribution in [0, 0.1) is 0 Å². The van der Waals surface area contributed by atoms with Gasteiger partial charge in [0.15, 0.2) is 0 Å². The summed E-state index contributed by atoms with van der Waals surface area (Å²) in [7, 11) is 0. The van der Waals surface area contributed by atoms with Gasteiger partial charge in [0, 0.05) is 30.9 Å². The summed E-state index contributed by atoms with van der Waals surface area (Å²) in [6.07, 6.45) is 1.87. The highest BCUT2D eigenvalue weighted by atomic mass is 16.3. The first-order valence-electron chi connectivity index (χ1n) is 7.36. The van der Waals surface area contributed by atoms with Crippen LogP contribution in [0.5, 0.6) is 0 Å². The number of hydrogen-bond acceptors (Lipinski definition) is 4. The van der Waals surface area contributed by atoms with Crippen LogP contribution >= 0.6 is 0 Å². The molecule has 1 fully saturated rings. The molecule has 0 saturated carbocycles. The average Bonchev–Trinajstić information content (AvgIpc) is 2.47. The average molecular weight is 277 g/mol. The lowest BCUT2D eigenvalue weighted by Crippen LogP contribution is -2.40. The third-order valence-electron chi connectivity index (χ3n) is 3.60. The molecule has 0 unspecified atom stereocenters. The van der Waals surface area contributed by atoms with E-state index in [2.05, 4.69) is 10.3 Å².